The highest BCUT2D eigenvalue weighted by molar-refractivity contribution is 9.12. The predicted molar refractivity (Wildman–Crippen MR) is 85.6 cm³/mol. The van der Waals surface area contributed by atoms with E-state index in [1.54, 1.807) is 0 Å². The van der Waals surface area contributed by atoms with Crippen molar-refractivity contribution in [3.63, 3.8) is 0 Å². The van der Waals surface area contributed by atoms with Gasteiger partial charge in [-0.15, -0.1) is 0 Å². The maximum absolute atomic E-state index is 12.6. The lowest BCUT2D eigenvalue weighted by atomic mass is 9.90. The number of carbonyl (C=O) groups excluding carboxylic acids is 2. The summed E-state index contributed by atoms with van der Waals surface area (Å²) in [5.74, 6) is -3.48. The average Bonchev–Trinajstić information content (AvgIpc) is 2.75. The second kappa shape index (κ2) is 5.94. The topological polar surface area (TPSA) is 76.1 Å². The van der Waals surface area contributed by atoms with E-state index in [1.165, 1.54) is 20.3 Å². The molecule has 6 nitrogen and oxygen atoms in total. The smallest absolute Gasteiger partial charge is 0.345 e. The van der Waals surface area contributed by atoms with Crippen molar-refractivity contribution in [3.05, 3.63) is 22.1 Å². The van der Waals surface area contributed by atoms with E-state index in [4.69, 9.17) is 9.47 Å². The lowest BCUT2D eigenvalue weighted by Crippen LogP contribution is -2.47. The van der Waals surface area contributed by atoms with Gasteiger partial charge in [0.1, 0.15) is 5.57 Å². The molecule has 126 valence electrons. The minimum absolute atomic E-state index is 0.0874. The number of hydrogen-bond donors (Lipinski definition) is 1. The van der Waals surface area contributed by atoms with E-state index >= 15 is 0 Å². The Labute approximate surface area is 143 Å². The highest BCUT2D eigenvalue weighted by Gasteiger charge is 2.49. The number of ether oxygens (including phenoxy) is 2. The molecule has 0 aromatic carbocycles. The summed E-state index contributed by atoms with van der Waals surface area (Å²) in [4.78, 5) is 27.1. The number of likely N-dealkylation sites (tertiary alicyclic amines) is 1. The number of aliphatic hydroxyl groups is 1. The normalized spacial score (nSPS) is 31.7. The number of cyclic esters (lactones) is 1. The number of nitrogens with zero attached hydrogens (tertiary/aromatic N) is 1. The summed E-state index contributed by atoms with van der Waals surface area (Å²) in [6, 6.07) is -0.272. The number of esters is 1. The molecule has 1 N–H and O–H groups in total. The summed E-state index contributed by atoms with van der Waals surface area (Å²) in [6.45, 7) is 4.79. The van der Waals surface area contributed by atoms with E-state index < -0.39 is 23.6 Å². The number of halogens is 1. The van der Waals surface area contributed by atoms with Crippen molar-refractivity contribution in [2.45, 2.75) is 44.9 Å². The van der Waals surface area contributed by atoms with Crippen LogP contribution in [-0.4, -0.2) is 46.7 Å². The summed E-state index contributed by atoms with van der Waals surface area (Å²) >= 11 is 3.27. The molecule has 0 bridgehead atoms. The van der Waals surface area contributed by atoms with Crippen LogP contribution in [0.4, 0.5) is 0 Å². The molecule has 0 amide bonds. The summed E-state index contributed by atoms with van der Waals surface area (Å²) in [6.07, 6.45) is 5.09. The van der Waals surface area contributed by atoms with Crippen molar-refractivity contribution < 1.29 is 24.2 Å². The van der Waals surface area contributed by atoms with Gasteiger partial charge in [0.2, 0.25) is 0 Å². The van der Waals surface area contributed by atoms with Crippen molar-refractivity contribution in [1.29, 1.82) is 0 Å². The fourth-order valence-electron chi connectivity index (χ4n) is 3.40. The van der Waals surface area contributed by atoms with Gasteiger partial charge in [-0.1, -0.05) is 6.42 Å². The van der Waals surface area contributed by atoms with Crippen LogP contribution < -0.4 is 0 Å². The number of aliphatic hydroxyl groups excluding tert-OH is 1. The fraction of sp³-hybridized carbons (Fsp3) is 0.625. The first-order chi connectivity index (χ1) is 10.8. The van der Waals surface area contributed by atoms with Crippen molar-refractivity contribution in [2.24, 2.45) is 5.92 Å². The molecule has 0 saturated carbocycles. The number of allylic oxidation sites excluding steroid dienone is 1. The molecular weight excluding hydrogens is 366 g/mol. The van der Waals surface area contributed by atoms with Crippen molar-refractivity contribution >= 4 is 27.7 Å². The Hall–Kier alpha value is -1.34. The van der Waals surface area contributed by atoms with E-state index in [0.29, 0.717) is 4.48 Å². The first-order valence-corrected chi connectivity index (χ1v) is 8.60. The van der Waals surface area contributed by atoms with Crippen LogP contribution in [-0.2, 0) is 19.1 Å². The van der Waals surface area contributed by atoms with Crippen LogP contribution in [0, 0.1) is 5.92 Å². The van der Waals surface area contributed by atoms with Crippen LogP contribution >= 0.6 is 15.9 Å². The minimum atomic E-state index is -1.24. The fourth-order valence-corrected chi connectivity index (χ4v) is 3.92. The van der Waals surface area contributed by atoms with E-state index in [9.17, 15) is 14.7 Å². The van der Waals surface area contributed by atoms with Crippen LogP contribution in [0.3, 0.4) is 0 Å². The maximum atomic E-state index is 12.6. The number of hydrogen-bond acceptors (Lipinski definition) is 6. The molecule has 0 radical (unpaired) electrons. The van der Waals surface area contributed by atoms with E-state index in [0.717, 1.165) is 25.9 Å². The monoisotopic (exact) mass is 385 g/mol. The van der Waals surface area contributed by atoms with Gasteiger partial charge >= 0.3 is 5.97 Å². The molecule has 0 aromatic heterocycles. The average molecular weight is 386 g/mol. The van der Waals surface area contributed by atoms with Gasteiger partial charge in [-0.2, -0.15) is 0 Å². The molecule has 7 heteroatoms. The Balaban J connectivity index is 1.95. The largest absolute Gasteiger partial charge is 0.480 e. The van der Waals surface area contributed by atoms with Gasteiger partial charge in [0.25, 0.3) is 11.7 Å². The number of carbonyl (C=O) groups is 2. The lowest BCUT2D eigenvalue weighted by Gasteiger charge is -2.37. The molecule has 3 rings (SSSR count). The highest BCUT2D eigenvalue weighted by Crippen LogP contribution is 2.39. The minimum Gasteiger partial charge on any atom is -0.480 e. The van der Waals surface area contributed by atoms with E-state index in [-0.39, 0.29) is 17.4 Å². The Kier molecular flexibility index (Phi) is 4.27. The number of ketones is 1. The highest BCUT2D eigenvalue weighted by atomic mass is 79.9. The SMILES string of the molecule is CC1(C)OC(=O)C([C@H]2C(=O)C(Br)=C[C@@H]2N2CCCCC2)=C(O)O1. The molecule has 2 aliphatic heterocycles. The zero-order chi connectivity index (χ0) is 16.8. The van der Waals surface area contributed by atoms with Crippen LogP contribution in [0.15, 0.2) is 22.1 Å². The summed E-state index contributed by atoms with van der Waals surface area (Å²) in [7, 11) is 0. The van der Waals surface area contributed by atoms with Gasteiger partial charge < -0.3 is 14.6 Å². The first-order valence-electron chi connectivity index (χ1n) is 7.81. The summed E-state index contributed by atoms with van der Waals surface area (Å²) in [5, 5.41) is 10.2. The van der Waals surface area contributed by atoms with E-state index in [2.05, 4.69) is 20.8 Å². The first kappa shape index (κ1) is 16.5. The molecule has 1 aliphatic carbocycles. The zero-order valence-corrected chi connectivity index (χ0v) is 14.8. The van der Waals surface area contributed by atoms with Gasteiger partial charge in [-0.25, -0.2) is 4.79 Å². The van der Waals surface area contributed by atoms with Crippen molar-refractivity contribution in [2.75, 3.05) is 13.1 Å². The Morgan fingerprint density at radius 2 is 1.87 bits per heavy atom. The molecule has 0 spiro atoms. The van der Waals surface area contributed by atoms with Crippen LogP contribution in [0.25, 0.3) is 0 Å². The quantitative estimate of drug-likeness (QED) is 0.735. The third-order valence-corrected chi connectivity index (χ3v) is 5.09. The number of Topliss-reactive ketones (excluding diaryl/α,β-unsaturated/α-hetero) is 1. The molecule has 3 aliphatic rings. The molecular formula is C16H20BrNO5. The molecule has 1 fully saturated rings. The standard InChI is InChI=1S/C16H20BrNO5/c1-16(2)22-14(20)12(15(21)23-16)11-10(8-9(17)13(11)19)18-6-4-3-5-7-18/h8,10-11,20H,3-7H2,1-2H3/t10-,11-/m0/s1. The third kappa shape index (κ3) is 3.04. The van der Waals surface area contributed by atoms with Gasteiger partial charge in [-0.3, -0.25) is 9.69 Å². The second-order valence-corrected chi connectivity index (χ2v) is 7.41. The second-order valence-electron chi connectivity index (χ2n) is 6.55. The third-order valence-electron chi connectivity index (χ3n) is 4.43. The Morgan fingerprint density at radius 1 is 1.22 bits per heavy atom. The summed E-state index contributed by atoms with van der Waals surface area (Å²) in [5.41, 5.74) is -0.0874. The molecule has 0 aromatic rings. The molecule has 2 atom stereocenters. The van der Waals surface area contributed by atoms with E-state index in [1.807, 2.05) is 6.08 Å². The van der Waals surface area contributed by atoms with Crippen LogP contribution in [0.2, 0.25) is 0 Å². The van der Waals surface area contributed by atoms with Crippen molar-refractivity contribution in [1.82, 2.24) is 4.90 Å². The maximum Gasteiger partial charge on any atom is 0.345 e. The number of piperidine rings is 1. The van der Waals surface area contributed by atoms with Gasteiger partial charge in [0, 0.05) is 19.9 Å². The van der Waals surface area contributed by atoms with Gasteiger partial charge in [0.05, 0.1) is 10.4 Å². The number of rotatable bonds is 2. The molecule has 1 saturated heterocycles. The Bertz CT molecular complexity index is 604. The van der Waals surface area contributed by atoms with Crippen LogP contribution in [0.1, 0.15) is 33.1 Å². The lowest BCUT2D eigenvalue weighted by molar-refractivity contribution is -0.223. The van der Waals surface area contributed by atoms with Gasteiger partial charge in [0.15, 0.2) is 5.78 Å². The zero-order valence-electron chi connectivity index (χ0n) is 13.2. The molecule has 2 heterocycles. The van der Waals surface area contributed by atoms with Gasteiger partial charge in [-0.05, 0) is 47.9 Å². The van der Waals surface area contributed by atoms with Crippen LogP contribution in [0.5, 0.6) is 0 Å². The molecule has 23 heavy (non-hydrogen) atoms. The summed E-state index contributed by atoms with van der Waals surface area (Å²) < 4.78 is 10.9. The predicted octanol–water partition coefficient (Wildman–Crippen LogP) is 2.40. The Morgan fingerprint density at radius 3 is 2.48 bits per heavy atom. The van der Waals surface area contributed by atoms with Crippen molar-refractivity contribution in [3.8, 4) is 0 Å². The molecule has 0 unspecified atom stereocenters.